The molecule has 1 N–H and O–H groups in total. The minimum atomic E-state index is -0.814. The summed E-state index contributed by atoms with van der Waals surface area (Å²) in [5.74, 6) is 0.777. The number of aryl methyl sites for hydroxylation is 1. The van der Waals surface area contributed by atoms with Gasteiger partial charge < -0.3 is 5.11 Å². The van der Waals surface area contributed by atoms with E-state index in [9.17, 15) is 9.90 Å². The molecular weight excluding hydrogens is 220 g/mol. The Morgan fingerprint density at radius 3 is 2.86 bits per heavy atom. The molecule has 1 saturated heterocycles. The zero-order chi connectivity index (χ0) is 10.2. The number of carboxylic acid groups (broad SMARTS) is 1. The van der Waals surface area contributed by atoms with Crippen molar-refractivity contribution < 1.29 is 9.90 Å². The second-order valence-corrected chi connectivity index (χ2v) is 5.38. The molecule has 0 spiro atoms. The number of aliphatic carboxylic acids is 1. The lowest BCUT2D eigenvalue weighted by Crippen LogP contribution is -2.29. The van der Waals surface area contributed by atoms with Crippen LogP contribution in [0.3, 0.4) is 0 Å². The van der Waals surface area contributed by atoms with E-state index in [1.54, 1.807) is 6.92 Å². The molecule has 2 heterocycles. The van der Waals surface area contributed by atoms with E-state index in [-0.39, 0.29) is 0 Å². The normalized spacial score (nSPS) is 26.6. The van der Waals surface area contributed by atoms with Crippen LogP contribution in [0, 0.1) is 6.92 Å². The van der Waals surface area contributed by atoms with Gasteiger partial charge in [-0.15, -0.1) is 11.8 Å². The van der Waals surface area contributed by atoms with Crippen LogP contribution in [0.15, 0.2) is 0 Å². The molecule has 1 fully saturated rings. The first-order chi connectivity index (χ1) is 6.65. The maximum atomic E-state index is 11.3. The van der Waals surface area contributed by atoms with Crippen molar-refractivity contribution in [2.24, 2.45) is 0 Å². The van der Waals surface area contributed by atoms with Crippen molar-refractivity contribution in [3.8, 4) is 0 Å². The smallest absolute Gasteiger partial charge is 0.326 e. The number of nitrogens with zero attached hydrogens (tertiary/aromatic N) is 2. The molecule has 1 aliphatic rings. The van der Waals surface area contributed by atoms with Crippen molar-refractivity contribution in [2.75, 3.05) is 5.75 Å². The summed E-state index contributed by atoms with van der Waals surface area (Å²) in [6, 6.07) is 0. The first-order valence-electron chi connectivity index (χ1n) is 4.33. The van der Waals surface area contributed by atoms with Crippen molar-refractivity contribution in [2.45, 2.75) is 24.5 Å². The number of thioether (sulfide) groups is 1. The fraction of sp³-hybridized carbons (Fsp3) is 0.625. The van der Waals surface area contributed by atoms with Gasteiger partial charge in [0.2, 0.25) is 0 Å². The largest absolute Gasteiger partial charge is 0.480 e. The van der Waals surface area contributed by atoms with Crippen LogP contribution >= 0.6 is 23.3 Å². The monoisotopic (exact) mass is 230 g/mol. The van der Waals surface area contributed by atoms with Gasteiger partial charge in [-0.05, 0) is 37.1 Å². The summed E-state index contributed by atoms with van der Waals surface area (Å²) in [6.45, 7) is 1.79. The molecule has 0 saturated carbocycles. The summed E-state index contributed by atoms with van der Waals surface area (Å²) < 4.78 is 3.23. The lowest BCUT2D eigenvalue weighted by atomic mass is 10.0. The second-order valence-electron chi connectivity index (χ2n) is 3.23. The number of hydrogen-bond acceptors (Lipinski definition) is 5. The lowest BCUT2D eigenvalue weighted by Gasteiger charge is -2.18. The molecule has 0 aromatic carbocycles. The Bertz CT molecular complexity index is 358. The molecule has 1 aromatic rings. The van der Waals surface area contributed by atoms with E-state index in [2.05, 4.69) is 9.36 Å². The van der Waals surface area contributed by atoms with Crippen LogP contribution in [0.25, 0.3) is 0 Å². The third-order valence-corrected chi connectivity index (χ3v) is 4.90. The van der Waals surface area contributed by atoms with Crippen LogP contribution in [-0.2, 0) is 9.54 Å². The molecule has 1 aromatic heterocycles. The molecular formula is C8H10N2O2S2. The van der Waals surface area contributed by atoms with Crippen molar-refractivity contribution in [3.05, 3.63) is 10.8 Å². The third kappa shape index (κ3) is 1.42. The van der Waals surface area contributed by atoms with Crippen LogP contribution in [-0.4, -0.2) is 26.2 Å². The van der Waals surface area contributed by atoms with E-state index in [4.69, 9.17) is 0 Å². The number of hydrogen-bond donors (Lipinski definition) is 1. The molecule has 6 heteroatoms. The van der Waals surface area contributed by atoms with E-state index in [0.29, 0.717) is 17.3 Å². The molecule has 1 atom stereocenters. The second kappa shape index (κ2) is 3.51. The standard InChI is InChI=1S/C8H10N2O2S2/c1-5-9-6(14-10-5)8(7(11)12)3-2-4-13-8/h2-4H2,1H3,(H,11,12). The van der Waals surface area contributed by atoms with E-state index in [1.807, 2.05) is 0 Å². The Labute approximate surface area is 89.9 Å². The van der Waals surface area contributed by atoms with Crippen LogP contribution in [0.2, 0.25) is 0 Å². The molecule has 0 amide bonds. The predicted molar refractivity (Wildman–Crippen MR) is 55.7 cm³/mol. The predicted octanol–water partition coefficient (Wildman–Crippen LogP) is 1.65. The molecule has 2 rings (SSSR count). The Kier molecular flexibility index (Phi) is 2.48. The molecule has 4 nitrogen and oxygen atoms in total. The van der Waals surface area contributed by atoms with Crippen LogP contribution in [0.4, 0.5) is 0 Å². The van der Waals surface area contributed by atoms with Gasteiger partial charge >= 0.3 is 5.97 Å². The number of carbonyl (C=O) groups is 1. The molecule has 0 bridgehead atoms. The third-order valence-electron chi connectivity index (χ3n) is 2.24. The van der Waals surface area contributed by atoms with Crippen molar-refractivity contribution in [1.29, 1.82) is 0 Å². The summed E-state index contributed by atoms with van der Waals surface area (Å²) in [5, 5.41) is 9.89. The van der Waals surface area contributed by atoms with Crippen molar-refractivity contribution in [1.82, 2.24) is 9.36 Å². The van der Waals surface area contributed by atoms with Gasteiger partial charge in [-0.3, -0.25) is 4.79 Å². The van der Waals surface area contributed by atoms with Gasteiger partial charge in [0.1, 0.15) is 10.8 Å². The average molecular weight is 230 g/mol. The van der Waals surface area contributed by atoms with Gasteiger partial charge in [0.05, 0.1) is 0 Å². The first-order valence-corrected chi connectivity index (χ1v) is 6.09. The minimum Gasteiger partial charge on any atom is -0.480 e. The Morgan fingerprint density at radius 2 is 2.43 bits per heavy atom. The van der Waals surface area contributed by atoms with Crippen molar-refractivity contribution in [3.63, 3.8) is 0 Å². The molecule has 76 valence electrons. The van der Waals surface area contributed by atoms with Gasteiger partial charge in [0, 0.05) is 0 Å². The van der Waals surface area contributed by atoms with E-state index < -0.39 is 10.7 Å². The minimum absolute atomic E-state index is 0.644. The Hall–Kier alpha value is -0.620. The Morgan fingerprint density at radius 1 is 1.64 bits per heavy atom. The first kappa shape index (κ1) is 9.92. The van der Waals surface area contributed by atoms with E-state index in [0.717, 1.165) is 12.2 Å². The molecule has 1 unspecified atom stereocenters. The van der Waals surface area contributed by atoms with Gasteiger partial charge in [-0.1, -0.05) is 0 Å². The average Bonchev–Trinajstić information content (AvgIpc) is 2.71. The maximum Gasteiger partial charge on any atom is 0.326 e. The lowest BCUT2D eigenvalue weighted by molar-refractivity contribution is -0.140. The zero-order valence-corrected chi connectivity index (χ0v) is 9.32. The number of aromatic nitrogens is 2. The Balaban J connectivity index is 2.41. The summed E-state index contributed by atoms with van der Waals surface area (Å²) in [7, 11) is 0. The van der Waals surface area contributed by atoms with Crippen molar-refractivity contribution >= 4 is 29.3 Å². The highest BCUT2D eigenvalue weighted by atomic mass is 32.2. The van der Waals surface area contributed by atoms with Gasteiger partial charge in [0.15, 0.2) is 4.75 Å². The highest BCUT2D eigenvalue weighted by Gasteiger charge is 2.46. The molecule has 14 heavy (non-hydrogen) atoms. The summed E-state index contributed by atoms with van der Waals surface area (Å²) in [6.07, 6.45) is 1.61. The fourth-order valence-corrected chi connectivity index (χ4v) is 3.81. The number of carboxylic acids is 1. The van der Waals surface area contributed by atoms with Gasteiger partial charge in [-0.25, -0.2) is 4.98 Å². The van der Waals surface area contributed by atoms with Crippen LogP contribution < -0.4 is 0 Å². The maximum absolute atomic E-state index is 11.3. The van der Waals surface area contributed by atoms with Gasteiger partial charge in [-0.2, -0.15) is 4.37 Å². The van der Waals surface area contributed by atoms with Crippen LogP contribution in [0.1, 0.15) is 23.7 Å². The van der Waals surface area contributed by atoms with Gasteiger partial charge in [0.25, 0.3) is 0 Å². The molecule has 1 aliphatic heterocycles. The van der Waals surface area contributed by atoms with E-state index in [1.165, 1.54) is 23.3 Å². The van der Waals surface area contributed by atoms with Crippen LogP contribution in [0.5, 0.6) is 0 Å². The highest BCUT2D eigenvalue weighted by molar-refractivity contribution is 8.01. The summed E-state index contributed by atoms with van der Waals surface area (Å²) in [5.41, 5.74) is 0. The zero-order valence-electron chi connectivity index (χ0n) is 7.69. The quantitative estimate of drug-likeness (QED) is 0.837. The number of rotatable bonds is 2. The highest BCUT2D eigenvalue weighted by Crippen LogP contribution is 2.47. The summed E-state index contributed by atoms with van der Waals surface area (Å²) >= 11 is 2.68. The summed E-state index contributed by atoms with van der Waals surface area (Å²) in [4.78, 5) is 15.4. The van der Waals surface area contributed by atoms with E-state index >= 15 is 0 Å². The molecule has 0 radical (unpaired) electrons. The fourth-order valence-electron chi connectivity index (χ4n) is 1.53. The SMILES string of the molecule is Cc1nsc(C2(C(=O)O)CCCS2)n1. The molecule has 0 aliphatic carbocycles. The topological polar surface area (TPSA) is 63.1 Å².